The fraction of sp³-hybridized carbons (Fsp3) is 0.579. The lowest BCUT2D eigenvalue weighted by atomic mass is 9.83. The van der Waals surface area contributed by atoms with E-state index in [-0.39, 0.29) is 23.8 Å². The van der Waals surface area contributed by atoms with Gasteiger partial charge in [-0.3, -0.25) is 9.59 Å². The SMILES string of the molecule is CC(C)CC(=O)Nc1ccc(NC(=O)CC2CCCCC2N)cc1. The normalized spacial score (nSPS) is 20.7. The third-order valence-corrected chi connectivity index (χ3v) is 4.46. The van der Waals surface area contributed by atoms with E-state index in [1.54, 1.807) is 12.1 Å². The molecule has 1 fully saturated rings. The molecule has 0 heterocycles. The maximum Gasteiger partial charge on any atom is 0.224 e. The first-order valence-electron chi connectivity index (χ1n) is 8.89. The van der Waals surface area contributed by atoms with Crippen molar-refractivity contribution in [1.29, 1.82) is 0 Å². The zero-order valence-corrected chi connectivity index (χ0v) is 14.7. The van der Waals surface area contributed by atoms with Crippen molar-refractivity contribution < 1.29 is 9.59 Å². The molecule has 0 saturated heterocycles. The smallest absolute Gasteiger partial charge is 0.224 e. The van der Waals surface area contributed by atoms with Crippen molar-refractivity contribution in [3.63, 3.8) is 0 Å². The van der Waals surface area contributed by atoms with E-state index in [4.69, 9.17) is 5.73 Å². The zero-order chi connectivity index (χ0) is 17.5. The number of carbonyl (C=O) groups is 2. The van der Waals surface area contributed by atoms with Crippen molar-refractivity contribution in [1.82, 2.24) is 0 Å². The van der Waals surface area contributed by atoms with E-state index in [1.807, 2.05) is 26.0 Å². The number of hydrogen-bond donors (Lipinski definition) is 3. The van der Waals surface area contributed by atoms with Gasteiger partial charge in [-0.05, 0) is 48.9 Å². The molecule has 0 spiro atoms. The summed E-state index contributed by atoms with van der Waals surface area (Å²) in [5.41, 5.74) is 7.59. The Hall–Kier alpha value is -1.88. The van der Waals surface area contributed by atoms with E-state index in [0.29, 0.717) is 18.8 Å². The molecule has 132 valence electrons. The van der Waals surface area contributed by atoms with Crippen LogP contribution in [0.15, 0.2) is 24.3 Å². The van der Waals surface area contributed by atoms with Crippen LogP contribution in [0.2, 0.25) is 0 Å². The molecule has 2 unspecified atom stereocenters. The number of hydrogen-bond acceptors (Lipinski definition) is 3. The highest BCUT2D eigenvalue weighted by molar-refractivity contribution is 5.93. The van der Waals surface area contributed by atoms with E-state index < -0.39 is 0 Å². The molecule has 5 heteroatoms. The Bertz CT molecular complexity index is 554. The molecule has 0 radical (unpaired) electrons. The van der Waals surface area contributed by atoms with E-state index >= 15 is 0 Å². The molecule has 1 aromatic rings. The van der Waals surface area contributed by atoms with Crippen molar-refractivity contribution in [2.75, 3.05) is 10.6 Å². The van der Waals surface area contributed by atoms with Gasteiger partial charge in [0.2, 0.25) is 11.8 Å². The van der Waals surface area contributed by atoms with Crippen molar-refractivity contribution in [3.8, 4) is 0 Å². The lowest BCUT2D eigenvalue weighted by Crippen LogP contribution is -2.35. The van der Waals surface area contributed by atoms with Gasteiger partial charge in [0.05, 0.1) is 0 Å². The molecule has 1 saturated carbocycles. The summed E-state index contributed by atoms with van der Waals surface area (Å²) in [7, 11) is 0. The highest BCUT2D eigenvalue weighted by Crippen LogP contribution is 2.26. The Morgan fingerprint density at radius 3 is 2.12 bits per heavy atom. The van der Waals surface area contributed by atoms with Gasteiger partial charge >= 0.3 is 0 Å². The van der Waals surface area contributed by atoms with Crippen LogP contribution < -0.4 is 16.4 Å². The van der Waals surface area contributed by atoms with E-state index in [9.17, 15) is 9.59 Å². The lowest BCUT2D eigenvalue weighted by Gasteiger charge is -2.27. The van der Waals surface area contributed by atoms with Crippen LogP contribution in [-0.2, 0) is 9.59 Å². The maximum atomic E-state index is 12.2. The van der Waals surface area contributed by atoms with E-state index in [0.717, 1.165) is 30.6 Å². The molecule has 0 aliphatic heterocycles. The molecule has 0 bridgehead atoms. The molecule has 1 aromatic carbocycles. The number of rotatable bonds is 6. The van der Waals surface area contributed by atoms with Crippen LogP contribution >= 0.6 is 0 Å². The summed E-state index contributed by atoms with van der Waals surface area (Å²) in [6, 6.07) is 7.37. The topological polar surface area (TPSA) is 84.2 Å². The van der Waals surface area contributed by atoms with Gasteiger partial charge in [0.15, 0.2) is 0 Å². The molecule has 24 heavy (non-hydrogen) atoms. The quantitative estimate of drug-likeness (QED) is 0.745. The number of carbonyl (C=O) groups excluding carboxylic acids is 2. The molecule has 0 aromatic heterocycles. The van der Waals surface area contributed by atoms with Crippen LogP contribution in [-0.4, -0.2) is 17.9 Å². The number of anilines is 2. The van der Waals surface area contributed by atoms with Gasteiger partial charge in [0.1, 0.15) is 0 Å². The molecule has 1 aliphatic carbocycles. The highest BCUT2D eigenvalue weighted by Gasteiger charge is 2.24. The van der Waals surface area contributed by atoms with Crippen LogP contribution in [0.3, 0.4) is 0 Å². The average molecular weight is 331 g/mol. The number of benzene rings is 1. The van der Waals surface area contributed by atoms with E-state index in [2.05, 4.69) is 10.6 Å². The summed E-state index contributed by atoms with van der Waals surface area (Å²) >= 11 is 0. The second-order valence-corrected chi connectivity index (χ2v) is 7.18. The minimum Gasteiger partial charge on any atom is -0.327 e. The van der Waals surface area contributed by atoms with Gasteiger partial charge in [-0.25, -0.2) is 0 Å². The first-order valence-corrected chi connectivity index (χ1v) is 8.89. The standard InChI is InChI=1S/C19H29N3O2/c1-13(2)11-18(23)21-15-7-9-16(10-8-15)22-19(24)12-14-5-3-4-6-17(14)20/h7-10,13-14,17H,3-6,11-12,20H2,1-2H3,(H,21,23)(H,22,24). The van der Waals surface area contributed by atoms with Gasteiger partial charge in [0, 0.05) is 30.3 Å². The minimum atomic E-state index is 0.00747. The van der Waals surface area contributed by atoms with Gasteiger partial charge in [-0.2, -0.15) is 0 Å². The Morgan fingerprint density at radius 1 is 1.04 bits per heavy atom. The number of nitrogens with two attached hydrogens (primary N) is 1. The molecule has 4 N–H and O–H groups in total. The highest BCUT2D eigenvalue weighted by atomic mass is 16.2. The van der Waals surface area contributed by atoms with Crippen LogP contribution in [0, 0.1) is 11.8 Å². The first kappa shape index (κ1) is 18.5. The number of amides is 2. The lowest BCUT2D eigenvalue weighted by molar-refractivity contribution is -0.118. The van der Waals surface area contributed by atoms with Crippen molar-refractivity contribution in [2.45, 2.75) is 58.4 Å². The van der Waals surface area contributed by atoms with Gasteiger partial charge in [-0.1, -0.05) is 26.7 Å². The van der Waals surface area contributed by atoms with Crippen molar-refractivity contribution in [2.24, 2.45) is 17.6 Å². The van der Waals surface area contributed by atoms with Crippen LogP contribution in [0.25, 0.3) is 0 Å². The second kappa shape index (κ2) is 8.83. The first-order chi connectivity index (χ1) is 11.4. The van der Waals surface area contributed by atoms with Crippen LogP contribution in [0.4, 0.5) is 11.4 Å². The molecule has 2 amide bonds. The summed E-state index contributed by atoms with van der Waals surface area (Å²) in [5, 5.41) is 5.77. The van der Waals surface area contributed by atoms with Crippen molar-refractivity contribution in [3.05, 3.63) is 24.3 Å². The van der Waals surface area contributed by atoms with Gasteiger partial charge < -0.3 is 16.4 Å². The Balaban J connectivity index is 1.82. The molecular formula is C19H29N3O2. The Morgan fingerprint density at radius 2 is 1.58 bits per heavy atom. The Labute approximate surface area is 144 Å². The zero-order valence-electron chi connectivity index (χ0n) is 14.7. The predicted molar refractivity (Wildman–Crippen MR) is 97.7 cm³/mol. The van der Waals surface area contributed by atoms with E-state index in [1.165, 1.54) is 6.42 Å². The van der Waals surface area contributed by atoms with Crippen LogP contribution in [0.1, 0.15) is 52.4 Å². The Kier molecular flexibility index (Phi) is 6.79. The molecular weight excluding hydrogens is 302 g/mol. The summed E-state index contributed by atoms with van der Waals surface area (Å²) in [6.07, 6.45) is 5.37. The minimum absolute atomic E-state index is 0.00747. The molecule has 5 nitrogen and oxygen atoms in total. The number of nitrogens with one attached hydrogen (secondary N) is 2. The van der Waals surface area contributed by atoms with Crippen molar-refractivity contribution >= 4 is 23.2 Å². The predicted octanol–water partition coefficient (Wildman–Crippen LogP) is 3.52. The summed E-state index contributed by atoms with van der Waals surface area (Å²) < 4.78 is 0. The van der Waals surface area contributed by atoms with Gasteiger partial charge in [0.25, 0.3) is 0 Å². The third-order valence-electron chi connectivity index (χ3n) is 4.46. The third kappa shape index (κ3) is 5.96. The molecule has 1 aliphatic rings. The largest absolute Gasteiger partial charge is 0.327 e. The average Bonchev–Trinajstić information content (AvgIpc) is 2.51. The fourth-order valence-corrected chi connectivity index (χ4v) is 3.16. The maximum absolute atomic E-state index is 12.2. The van der Waals surface area contributed by atoms with Crippen LogP contribution in [0.5, 0.6) is 0 Å². The summed E-state index contributed by atoms with van der Waals surface area (Å²) in [4.78, 5) is 23.9. The summed E-state index contributed by atoms with van der Waals surface area (Å²) in [5.74, 6) is 0.630. The summed E-state index contributed by atoms with van der Waals surface area (Å²) in [6.45, 7) is 4.02. The molecule has 2 atom stereocenters. The monoisotopic (exact) mass is 331 g/mol. The molecule has 2 rings (SSSR count). The van der Waals surface area contributed by atoms with Gasteiger partial charge in [-0.15, -0.1) is 0 Å². The fourth-order valence-electron chi connectivity index (χ4n) is 3.16. The second-order valence-electron chi connectivity index (χ2n) is 7.18.